The van der Waals surface area contributed by atoms with E-state index in [4.69, 9.17) is 11.6 Å². The number of alkyl halides is 1. The van der Waals surface area contributed by atoms with Crippen LogP contribution >= 0.6 is 27.5 Å². The number of rotatable bonds is 2. The van der Waals surface area contributed by atoms with Gasteiger partial charge in [0, 0.05) is 10.6 Å². The van der Waals surface area contributed by atoms with E-state index in [9.17, 15) is 4.39 Å². The fraction of sp³-hybridized carbons (Fsp3) is 0.294. The topological polar surface area (TPSA) is 0 Å². The smallest absolute Gasteiger partial charge is 0.129 e. The highest BCUT2D eigenvalue weighted by atomic mass is 79.9. The fourth-order valence-corrected chi connectivity index (χ4v) is 4.08. The molecule has 0 aliphatic heterocycles. The molecule has 0 saturated heterocycles. The molecule has 0 saturated carbocycles. The van der Waals surface area contributed by atoms with Crippen LogP contribution in [0.5, 0.6) is 0 Å². The van der Waals surface area contributed by atoms with Gasteiger partial charge < -0.3 is 0 Å². The van der Waals surface area contributed by atoms with Crippen LogP contribution in [0, 0.1) is 33.5 Å². The van der Waals surface area contributed by atoms with Crippen molar-refractivity contribution in [3.05, 3.63) is 68.5 Å². The predicted molar refractivity (Wildman–Crippen MR) is 87.6 cm³/mol. The van der Waals surface area contributed by atoms with Crippen molar-refractivity contribution < 1.29 is 4.39 Å². The van der Waals surface area contributed by atoms with Gasteiger partial charge in [0.1, 0.15) is 5.82 Å². The van der Waals surface area contributed by atoms with Crippen LogP contribution in [0.25, 0.3) is 0 Å². The van der Waals surface area contributed by atoms with Gasteiger partial charge in [-0.25, -0.2) is 4.39 Å². The molecule has 0 aliphatic rings. The molecule has 106 valence electrons. The minimum Gasteiger partial charge on any atom is -0.207 e. The average Bonchev–Trinajstić information content (AvgIpc) is 2.36. The van der Waals surface area contributed by atoms with Gasteiger partial charge in [-0.05, 0) is 67.6 Å². The Labute approximate surface area is 133 Å². The second kappa shape index (κ2) is 5.87. The summed E-state index contributed by atoms with van der Waals surface area (Å²) in [6, 6.07) is 6.96. The van der Waals surface area contributed by atoms with E-state index in [1.807, 2.05) is 0 Å². The minimum absolute atomic E-state index is 0.241. The Bertz CT molecular complexity index is 618. The van der Waals surface area contributed by atoms with Crippen molar-refractivity contribution in [1.29, 1.82) is 0 Å². The Kier molecular flexibility index (Phi) is 4.55. The van der Waals surface area contributed by atoms with Gasteiger partial charge in [-0.3, -0.25) is 0 Å². The maximum atomic E-state index is 14.1. The zero-order valence-corrected chi connectivity index (χ0v) is 14.4. The van der Waals surface area contributed by atoms with Crippen LogP contribution in [0.15, 0.2) is 24.3 Å². The molecule has 1 unspecified atom stereocenters. The summed E-state index contributed by atoms with van der Waals surface area (Å²) in [7, 11) is 0. The van der Waals surface area contributed by atoms with Gasteiger partial charge in [-0.1, -0.05) is 39.7 Å². The molecule has 0 radical (unpaired) electrons. The molecule has 2 rings (SSSR count). The highest BCUT2D eigenvalue weighted by molar-refractivity contribution is 9.09. The van der Waals surface area contributed by atoms with Gasteiger partial charge in [-0.2, -0.15) is 0 Å². The van der Waals surface area contributed by atoms with Crippen molar-refractivity contribution in [2.45, 2.75) is 32.5 Å². The summed E-state index contributed by atoms with van der Waals surface area (Å²) >= 11 is 9.83. The van der Waals surface area contributed by atoms with E-state index >= 15 is 0 Å². The third-order valence-corrected chi connectivity index (χ3v) is 5.18. The van der Waals surface area contributed by atoms with Crippen molar-refractivity contribution in [2.75, 3.05) is 0 Å². The highest BCUT2D eigenvalue weighted by Crippen LogP contribution is 2.41. The zero-order chi connectivity index (χ0) is 15.0. The zero-order valence-electron chi connectivity index (χ0n) is 12.0. The molecule has 0 spiro atoms. The van der Waals surface area contributed by atoms with Crippen LogP contribution in [0.3, 0.4) is 0 Å². The Balaban J connectivity index is 2.69. The molecule has 0 amide bonds. The molecule has 20 heavy (non-hydrogen) atoms. The quantitative estimate of drug-likeness (QED) is 0.563. The molecule has 0 heterocycles. The number of aryl methyl sites for hydroxylation is 2. The molecule has 0 aromatic heterocycles. The van der Waals surface area contributed by atoms with Gasteiger partial charge in [0.05, 0.1) is 4.83 Å². The summed E-state index contributed by atoms with van der Waals surface area (Å²) < 4.78 is 14.1. The van der Waals surface area contributed by atoms with E-state index in [2.05, 4.69) is 49.7 Å². The van der Waals surface area contributed by atoms with Crippen molar-refractivity contribution in [1.82, 2.24) is 0 Å². The first-order valence-electron chi connectivity index (χ1n) is 6.49. The lowest BCUT2D eigenvalue weighted by Crippen LogP contribution is -2.05. The van der Waals surface area contributed by atoms with Crippen molar-refractivity contribution >= 4 is 27.5 Å². The number of hydrogen-bond acceptors (Lipinski definition) is 0. The van der Waals surface area contributed by atoms with Crippen LogP contribution in [0.2, 0.25) is 5.02 Å². The largest absolute Gasteiger partial charge is 0.207 e. The summed E-state index contributed by atoms with van der Waals surface area (Å²) in [5.41, 5.74) is 6.38. The number of hydrogen-bond donors (Lipinski definition) is 0. The summed E-state index contributed by atoms with van der Waals surface area (Å²) in [4.78, 5) is -0.241. The van der Waals surface area contributed by atoms with Gasteiger partial charge >= 0.3 is 0 Å². The molecule has 1 atom stereocenters. The third kappa shape index (κ3) is 2.64. The maximum absolute atomic E-state index is 14.1. The lowest BCUT2D eigenvalue weighted by atomic mass is 9.90. The molecular formula is C17H17BrClF. The van der Waals surface area contributed by atoms with Gasteiger partial charge in [0.15, 0.2) is 0 Å². The highest BCUT2D eigenvalue weighted by Gasteiger charge is 2.22. The Morgan fingerprint density at radius 1 is 1.00 bits per heavy atom. The van der Waals surface area contributed by atoms with Crippen LogP contribution < -0.4 is 0 Å². The monoisotopic (exact) mass is 354 g/mol. The summed E-state index contributed by atoms with van der Waals surface area (Å²) in [5, 5.41) is 0.449. The fourth-order valence-electron chi connectivity index (χ4n) is 2.52. The van der Waals surface area contributed by atoms with Crippen molar-refractivity contribution in [2.24, 2.45) is 0 Å². The summed E-state index contributed by atoms with van der Waals surface area (Å²) in [6.07, 6.45) is 0. The molecule has 0 aliphatic carbocycles. The third-order valence-electron chi connectivity index (χ3n) is 3.93. The van der Waals surface area contributed by atoms with Crippen LogP contribution in [0.1, 0.15) is 38.2 Å². The summed E-state index contributed by atoms with van der Waals surface area (Å²) in [6.45, 7) is 8.29. The average molecular weight is 356 g/mol. The normalized spacial score (nSPS) is 12.6. The second-order valence-corrected chi connectivity index (χ2v) is 6.49. The SMILES string of the molecule is Cc1cc(C)c(C)c(C(Br)c2c(F)cccc2Cl)c1C. The predicted octanol–water partition coefficient (Wildman–Crippen LogP) is 6.20. The minimum atomic E-state index is -0.280. The Morgan fingerprint density at radius 3 is 2.05 bits per heavy atom. The van der Waals surface area contributed by atoms with Crippen molar-refractivity contribution in [3.8, 4) is 0 Å². The maximum Gasteiger partial charge on any atom is 0.129 e. The standard InChI is InChI=1S/C17H17BrClF/c1-9-8-10(2)12(4)15(11(9)3)17(18)16-13(19)6-5-7-14(16)20/h5-8,17H,1-4H3. The lowest BCUT2D eigenvalue weighted by molar-refractivity contribution is 0.613. The molecule has 0 N–H and O–H groups in total. The van der Waals surface area contributed by atoms with Gasteiger partial charge in [0.25, 0.3) is 0 Å². The first kappa shape index (κ1) is 15.5. The van der Waals surface area contributed by atoms with E-state index in [1.165, 1.54) is 28.3 Å². The first-order chi connectivity index (χ1) is 9.34. The lowest BCUT2D eigenvalue weighted by Gasteiger charge is -2.21. The molecular weight excluding hydrogens is 339 g/mol. The second-order valence-electron chi connectivity index (χ2n) is 5.17. The number of halogens is 3. The van der Waals surface area contributed by atoms with E-state index in [-0.39, 0.29) is 10.6 Å². The van der Waals surface area contributed by atoms with E-state index in [0.717, 1.165) is 5.56 Å². The molecule has 2 aromatic carbocycles. The van der Waals surface area contributed by atoms with Crippen LogP contribution in [0.4, 0.5) is 4.39 Å². The Morgan fingerprint density at radius 2 is 1.55 bits per heavy atom. The van der Waals surface area contributed by atoms with Gasteiger partial charge in [0.2, 0.25) is 0 Å². The van der Waals surface area contributed by atoms with Crippen molar-refractivity contribution in [3.63, 3.8) is 0 Å². The molecule has 3 heteroatoms. The number of benzene rings is 2. The van der Waals surface area contributed by atoms with Crippen LogP contribution in [-0.2, 0) is 0 Å². The first-order valence-corrected chi connectivity index (χ1v) is 7.79. The van der Waals surface area contributed by atoms with E-state index < -0.39 is 0 Å². The summed E-state index contributed by atoms with van der Waals surface area (Å²) in [5.74, 6) is -0.280. The van der Waals surface area contributed by atoms with E-state index in [1.54, 1.807) is 12.1 Å². The molecule has 0 nitrogen and oxygen atoms in total. The molecule has 0 fully saturated rings. The molecule has 2 aromatic rings. The Hall–Kier alpha value is -0.860. The van der Waals surface area contributed by atoms with E-state index in [0.29, 0.717) is 10.6 Å². The van der Waals surface area contributed by atoms with Crippen LogP contribution in [-0.4, -0.2) is 0 Å². The van der Waals surface area contributed by atoms with Gasteiger partial charge in [-0.15, -0.1) is 0 Å². The molecule has 0 bridgehead atoms.